The molecule has 1 aliphatic carbocycles. The van der Waals surface area contributed by atoms with Crippen molar-refractivity contribution >= 4 is 5.91 Å². The molecular formula is C19H28FN3O. The van der Waals surface area contributed by atoms with Gasteiger partial charge in [-0.25, -0.2) is 4.39 Å². The molecule has 1 aromatic rings. The minimum Gasteiger partial charge on any atom is -0.338 e. The zero-order valence-corrected chi connectivity index (χ0v) is 14.7. The summed E-state index contributed by atoms with van der Waals surface area (Å²) in [5.74, 6) is 0.481. The van der Waals surface area contributed by atoms with Crippen LogP contribution < -0.4 is 5.32 Å². The third-order valence-corrected chi connectivity index (χ3v) is 4.80. The molecule has 0 aromatic heterocycles. The molecule has 1 aromatic carbocycles. The van der Waals surface area contributed by atoms with Gasteiger partial charge in [-0.05, 0) is 36.5 Å². The number of hydrogen-bond donors (Lipinski definition) is 1. The maximum Gasteiger partial charge on any atom is 0.237 e. The van der Waals surface area contributed by atoms with E-state index in [1.54, 1.807) is 12.1 Å². The molecule has 1 heterocycles. The molecule has 3 rings (SSSR count). The number of rotatable bonds is 6. The van der Waals surface area contributed by atoms with Crippen molar-refractivity contribution in [2.75, 3.05) is 32.7 Å². The molecule has 5 heteroatoms. The summed E-state index contributed by atoms with van der Waals surface area (Å²) in [6.07, 6.45) is 2.26. The molecule has 4 nitrogen and oxygen atoms in total. The lowest BCUT2D eigenvalue weighted by Crippen LogP contribution is -2.51. The van der Waals surface area contributed by atoms with Crippen LogP contribution >= 0.6 is 0 Å². The van der Waals surface area contributed by atoms with Crippen LogP contribution in [0.4, 0.5) is 4.39 Å². The minimum absolute atomic E-state index is 0.0542. The van der Waals surface area contributed by atoms with Crippen LogP contribution in [0.5, 0.6) is 0 Å². The largest absolute Gasteiger partial charge is 0.338 e. The Morgan fingerprint density at radius 3 is 2.88 bits per heavy atom. The summed E-state index contributed by atoms with van der Waals surface area (Å²) in [5.41, 5.74) is 0.942. The lowest BCUT2D eigenvalue weighted by atomic mass is 10.0. The van der Waals surface area contributed by atoms with Crippen molar-refractivity contribution in [1.82, 2.24) is 15.1 Å². The van der Waals surface area contributed by atoms with Crippen LogP contribution in [-0.2, 0) is 4.79 Å². The number of carbonyl (C=O) groups is 1. The van der Waals surface area contributed by atoms with Crippen molar-refractivity contribution in [3.8, 4) is 0 Å². The third-order valence-electron chi connectivity index (χ3n) is 4.80. The summed E-state index contributed by atoms with van der Waals surface area (Å²) in [6, 6.07) is 7.24. The zero-order valence-electron chi connectivity index (χ0n) is 14.7. The Hall–Kier alpha value is -1.46. The Balaban J connectivity index is 1.70. The van der Waals surface area contributed by atoms with Crippen molar-refractivity contribution in [1.29, 1.82) is 0 Å². The maximum atomic E-state index is 13.6. The summed E-state index contributed by atoms with van der Waals surface area (Å²) in [7, 11) is 0. The molecule has 24 heavy (non-hydrogen) atoms. The van der Waals surface area contributed by atoms with E-state index in [2.05, 4.69) is 29.0 Å². The van der Waals surface area contributed by atoms with E-state index in [1.165, 1.54) is 6.07 Å². The van der Waals surface area contributed by atoms with E-state index in [4.69, 9.17) is 0 Å². The van der Waals surface area contributed by atoms with Gasteiger partial charge in [0.15, 0.2) is 0 Å². The molecule has 1 saturated heterocycles. The average Bonchev–Trinajstić information content (AvgIpc) is 3.37. The van der Waals surface area contributed by atoms with Crippen LogP contribution in [-0.4, -0.2) is 54.5 Å². The topological polar surface area (TPSA) is 35.6 Å². The number of piperazine rings is 1. The number of benzene rings is 1. The lowest BCUT2D eigenvalue weighted by molar-refractivity contribution is -0.134. The third kappa shape index (κ3) is 4.33. The van der Waals surface area contributed by atoms with Gasteiger partial charge >= 0.3 is 0 Å². The fourth-order valence-electron chi connectivity index (χ4n) is 3.48. The molecule has 1 N–H and O–H groups in total. The first-order valence-corrected chi connectivity index (χ1v) is 9.04. The van der Waals surface area contributed by atoms with Gasteiger partial charge in [0.2, 0.25) is 5.91 Å². The van der Waals surface area contributed by atoms with Gasteiger partial charge in [-0.15, -0.1) is 0 Å². The number of amides is 1. The first kappa shape index (κ1) is 17.4. The molecule has 132 valence electrons. The number of nitrogens with one attached hydrogen (secondary N) is 1. The Bertz CT molecular complexity index is 573. The Kier molecular flexibility index (Phi) is 5.51. The summed E-state index contributed by atoms with van der Waals surface area (Å²) < 4.78 is 13.6. The Labute approximate surface area is 144 Å². The molecule has 2 aliphatic rings. The van der Waals surface area contributed by atoms with Crippen LogP contribution in [0.3, 0.4) is 0 Å². The Morgan fingerprint density at radius 2 is 2.21 bits per heavy atom. The van der Waals surface area contributed by atoms with Gasteiger partial charge < -0.3 is 10.2 Å². The van der Waals surface area contributed by atoms with Gasteiger partial charge in [0.05, 0.1) is 6.54 Å². The predicted molar refractivity (Wildman–Crippen MR) is 93.2 cm³/mol. The molecule has 1 amide bonds. The van der Waals surface area contributed by atoms with Crippen LogP contribution in [0.25, 0.3) is 0 Å². The summed E-state index contributed by atoms with van der Waals surface area (Å²) >= 11 is 0. The van der Waals surface area contributed by atoms with E-state index in [0.29, 0.717) is 18.5 Å². The van der Waals surface area contributed by atoms with E-state index in [0.717, 1.165) is 44.6 Å². The number of hydrogen-bond acceptors (Lipinski definition) is 3. The second-order valence-electron chi connectivity index (χ2n) is 7.42. The normalized spacial score (nSPS) is 21.9. The maximum absolute atomic E-state index is 13.6. The van der Waals surface area contributed by atoms with Gasteiger partial charge in [0.25, 0.3) is 0 Å². The number of nitrogens with zero attached hydrogens (tertiary/aromatic N) is 2. The highest BCUT2D eigenvalue weighted by Gasteiger charge is 2.34. The van der Waals surface area contributed by atoms with Crippen LogP contribution in [0, 0.1) is 11.7 Å². The molecule has 1 saturated carbocycles. The summed E-state index contributed by atoms with van der Waals surface area (Å²) in [5, 5.41) is 3.36. The molecule has 1 atom stereocenters. The van der Waals surface area contributed by atoms with E-state index in [-0.39, 0.29) is 17.8 Å². The van der Waals surface area contributed by atoms with Gasteiger partial charge in [-0.3, -0.25) is 9.69 Å². The van der Waals surface area contributed by atoms with E-state index in [9.17, 15) is 9.18 Å². The standard InChI is InChI=1S/C19H28FN3O/c1-14(2)12-23(17-6-7-17)19(24)13-22-9-8-21-11-18(22)15-4-3-5-16(20)10-15/h3-5,10,14,17-18,21H,6-9,11-13H2,1-2H3. The van der Waals surface area contributed by atoms with Gasteiger partial charge in [0, 0.05) is 38.3 Å². The number of halogens is 1. The fourth-order valence-corrected chi connectivity index (χ4v) is 3.48. The molecule has 1 unspecified atom stereocenters. The highest BCUT2D eigenvalue weighted by atomic mass is 19.1. The van der Waals surface area contributed by atoms with Crippen molar-refractivity contribution in [2.45, 2.75) is 38.8 Å². The first-order valence-electron chi connectivity index (χ1n) is 9.04. The van der Waals surface area contributed by atoms with E-state index in [1.807, 2.05) is 6.07 Å². The highest BCUT2D eigenvalue weighted by molar-refractivity contribution is 5.79. The minimum atomic E-state index is -0.219. The molecule has 0 spiro atoms. The molecule has 0 radical (unpaired) electrons. The molecule has 1 aliphatic heterocycles. The van der Waals surface area contributed by atoms with E-state index >= 15 is 0 Å². The predicted octanol–water partition coefficient (Wildman–Crippen LogP) is 2.42. The van der Waals surface area contributed by atoms with Crippen LogP contribution in [0.15, 0.2) is 24.3 Å². The first-order chi connectivity index (χ1) is 11.5. The summed E-state index contributed by atoms with van der Waals surface area (Å²) in [4.78, 5) is 17.1. The van der Waals surface area contributed by atoms with Gasteiger partial charge in [0.1, 0.15) is 5.82 Å². The second-order valence-corrected chi connectivity index (χ2v) is 7.42. The lowest BCUT2D eigenvalue weighted by Gasteiger charge is -2.37. The van der Waals surface area contributed by atoms with Crippen LogP contribution in [0.2, 0.25) is 0 Å². The number of carbonyl (C=O) groups excluding carboxylic acids is 1. The van der Waals surface area contributed by atoms with E-state index < -0.39 is 0 Å². The summed E-state index contributed by atoms with van der Waals surface area (Å²) in [6.45, 7) is 8.00. The molecule has 0 bridgehead atoms. The van der Waals surface area contributed by atoms with Crippen molar-refractivity contribution in [3.63, 3.8) is 0 Å². The monoisotopic (exact) mass is 333 g/mol. The molecular weight excluding hydrogens is 305 g/mol. The SMILES string of the molecule is CC(C)CN(C(=O)CN1CCNCC1c1cccc(F)c1)C1CC1. The van der Waals surface area contributed by atoms with Crippen molar-refractivity contribution < 1.29 is 9.18 Å². The van der Waals surface area contributed by atoms with Crippen molar-refractivity contribution in [2.24, 2.45) is 5.92 Å². The van der Waals surface area contributed by atoms with Crippen molar-refractivity contribution in [3.05, 3.63) is 35.6 Å². The second kappa shape index (κ2) is 7.62. The highest BCUT2D eigenvalue weighted by Crippen LogP contribution is 2.29. The fraction of sp³-hybridized carbons (Fsp3) is 0.632. The van der Waals surface area contributed by atoms with Gasteiger partial charge in [-0.1, -0.05) is 26.0 Å². The quantitative estimate of drug-likeness (QED) is 0.868. The Morgan fingerprint density at radius 1 is 1.42 bits per heavy atom. The smallest absolute Gasteiger partial charge is 0.237 e. The van der Waals surface area contributed by atoms with Gasteiger partial charge in [-0.2, -0.15) is 0 Å². The average molecular weight is 333 g/mol. The zero-order chi connectivity index (χ0) is 17.1. The van der Waals surface area contributed by atoms with Crippen LogP contribution in [0.1, 0.15) is 38.3 Å². The molecule has 2 fully saturated rings.